The van der Waals surface area contributed by atoms with Crippen molar-refractivity contribution >= 4 is 24.7 Å². The van der Waals surface area contributed by atoms with Crippen LogP contribution in [0.25, 0.3) is 0 Å². The number of ether oxygens (including phenoxy) is 3. The molecule has 2 aromatic carbocycles. The zero-order valence-corrected chi connectivity index (χ0v) is 27.3. The molecule has 0 saturated carbocycles. The maximum atomic E-state index is 12.1. The van der Waals surface area contributed by atoms with Gasteiger partial charge in [-0.25, -0.2) is 0 Å². The molecule has 1 N–H and O–H groups in total. The lowest BCUT2D eigenvalue weighted by atomic mass is 9.76. The lowest BCUT2D eigenvalue weighted by Gasteiger charge is -2.52. The maximum absolute atomic E-state index is 12.1. The van der Waals surface area contributed by atoms with Gasteiger partial charge >= 0.3 is 5.97 Å². The minimum absolute atomic E-state index is 0.0878. The first-order valence-corrected chi connectivity index (χ1v) is 17.2. The molecule has 43 heavy (non-hydrogen) atoms. The zero-order chi connectivity index (χ0) is 31.0. The fraction of sp³-hybridized carbons (Fsp3) is 0.472. The molecule has 0 bridgehead atoms. The Hall–Kier alpha value is -2.81. The Morgan fingerprint density at radius 3 is 2.23 bits per heavy atom. The van der Waals surface area contributed by atoms with E-state index >= 15 is 0 Å². The van der Waals surface area contributed by atoms with Crippen molar-refractivity contribution in [3.8, 4) is 0 Å². The summed E-state index contributed by atoms with van der Waals surface area (Å²) in [5.41, 5.74) is 1.11. The van der Waals surface area contributed by atoms with Gasteiger partial charge in [-0.2, -0.15) is 0 Å². The number of hydrogen-bond acceptors (Lipinski definition) is 6. The van der Waals surface area contributed by atoms with Crippen LogP contribution < -0.4 is 10.4 Å². The molecule has 7 heteroatoms. The van der Waals surface area contributed by atoms with Crippen molar-refractivity contribution < 1.29 is 28.5 Å². The summed E-state index contributed by atoms with van der Waals surface area (Å²) in [6, 6.07) is 21.2. The Balaban J connectivity index is 1.61. The first-order valence-electron chi connectivity index (χ1n) is 15.3. The van der Waals surface area contributed by atoms with Gasteiger partial charge in [-0.3, -0.25) is 4.79 Å². The summed E-state index contributed by atoms with van der Waals surface area (Å²) < 4.78 is 26.6. The molecule has 3 aliphatic rings. The molecule has 2 heterocycles. The predicted molar refractivity (Wildman–Crippen MR) is 172 cm³/mol. The Morgan fingerprint density at radius 1 is 1.09 bits per heavy atom. The average Bonchev–Trinajstić information content (AvgIpc) is 2.93. The zero-order valence-electron chi connectivity index (χ0n) is 26.3. The molecule has 1 saturated heterocycles. The molecule has 0 amide bonds. The Bertz CT molecular complexity index is 1340. The van der Waals surface area contributed by atoms with E-state index < -0.39 is 25.8 Å². The van der Waals surface area contributed by atoms with Gasteiger partial charge in [-0.05, 0) is 52.9 Å². The number of fused-ring (bicyclic) bond motifs is 1. The molecule has 1 fully saturated rings. The van der Waals surface area contributed by atoms with Crippen LogP contribution in [0.5, 0.6) is 0 Å². The molecule has 5 rings (SSSR count). The van der Waals surface area contributed by atoms with E-state index in [1.807, 2.05) is 38.1 Å². The number of benzene rings is 2. The second kappa shape index (κ2) is 11.9. The van der Waals surface area contributed by atoms with Crippen LogP contribution in [0.1, 0.15) is 60.8 Å². The Labute approximate surface area is 257 Å². The SMILES string of the molecule is C=C[C@@H]1C[C@@](C)(OC(C)=O)C[C@]2(C=C(CO[Si](c3ccccc3)(c3ccccc3)C(C)(C)C)[C@H]3C[C@H](O)C(C)=C[C@H]3O2)O1. The Morgan fingerprint density at radius 2 is 1.70 bits per heavy atom. The molecule has 230 valence electrons. The molecule has 6 atom stereocenters. The molecular formula is C36H46O6Si. The second-order valence-electron chi connectivity index (χ2n) is 13.7. The lowest BCUT2D eigenvalue weighted by molar-refractivity contribution is -0.298. The fourth-order valence-electron chi connectivity index (χ4n) is 7.35. The minimum atomic E-state index is -2.84. The van der Waals surface area contributed by atoms with Gasteiger partial charge in [-0.15, -0.1) is 6.58 Å². The average molecular weight is 603 g/mol. The maximum Gasteiger partial charge on any atom is 0.303 e. The molecule has 2 aliphatic heterocycles. The third-order valence-corrected chi connectivity index (χ3v) is 14.2. The Kier molecular flexibility index (Phi) is 8.77. The molecule has 1 aliphatic carbocycles. The smallest absolute Gasteiger partial charge is 0.303 e. The predicted octanol–water partition coefficient (Wildman–Crippen LogP) is 5.60. The molecule has 1 spiro atoms. The monoisotopic (exact) mass is 602 g/mol. The third kappa shape index (κ3) is 6.24. The molecule has 0 unspecified atom stereocenters. The number of hydrogen-bond donors (Lipinski definition) is 1. The summed E-state index contributed by atoms with van der Waals surface area (Å²) in [6.07, 6.45) is 5.91. The minimum Gasteiger partial charge on any atom is -0.459 e. The first-order chi connectivity index (χ1) is 20.3. The van der Waals surface area contributed by atoms with Crippen LogP contribution in [0.2, 0.25) is 5.04 Å². The van der Waals surface area contributed by atoms with Crippen molar-refractivity contribution in [2.75, 3.05) is 6.61 Å². The van der Waals surface area contributed by atoms with E-state index in [4.69, 9.17) is 18.6 Å². The van der Waals surface area contributed by atoms with Crippen molar-refractivity contribution in [3.05, 3.63) is 96.6 Å². The van der Waals surface area contributed by atoms with E-state index in [2.05, 4.69) is 75.9 Å². The van der Waals surface area contributed by atoms with Crippen molar-refractivity contribution in [2.24, 2.45) is 5.92 Å². The third-order valence-electron chi connectivity index (χ3n) is 9.17. The number of rotatable bonds is 7. The largest absolute Gasteiger partial charge is 0.459 e. The molecular weight excluding hydrogens is 556 g/mol. The highest BCUT2D eigenvalue weighted by atomic mass is 28.4. The topological polar surface area (TPSA) is 74.2 Å². The first kappa shape index (κ1) is 31.6. The van der Waals surface area contributed by atoms with Gasteiger partial charge < -0.3 is 23.7 Å². The van der Waals surface area contributed by atoms with Crippen molar-refractivity contribution in [1.82, 2.24) is 0 Å². The van der Waals surface area contributed by atoms with Crippen LogP contribution in [0.15, 0.2) is 96.6 Å². The summed E-state index contributed by atoms with van der Waals surface area (Å²) >= 11 is 0. The van der Waals surface area contributed by atoms with Crippen LogP contribution in [-0.2, 0) is 23.4 Å². The van der Waals surface area contributed by atoms with E-state index in [1.54, 1.807) is 6.08 Å². The van der Waals surface area contributed by atoms with Gasteiger partial charge in [0.25, 0.3) is 8.32 Å². The van der Waals surface area contributed by atoms with Gasteiger partial charge in [0.15, 0.2) is 5.79 Å². The van der Waals surface area contributed by atoms with Crippen LogP contribution in [0, 0.1) is 5.92 Å². The van der Waals surface area contributed by atoms with Crippen LogP contribution in [0.4, 0.5) is 0 Å². The number of carbonyl (C=O) groups excluding carboxylic acids is 1. The number of carbonyl (C=O) groups is 1. The number of aliphatic hydroxyl groups is 1. The highest BCUT2D eigenvalue weighted by molar-refractivity contribution is 6.99. The molecule has 0 aromatic heterocycles. The highest BCUT2D eigenvalue weighted by Crippen LogP contribution is 2.48. The number of aliphatic hydroxyl groups excluding tert-OH is 1. The van der Waals surface area contributed by atoms with Gasteiger partial charge in [0.05, 0.1) is 24.9 Å². The normalized spacial score (nSPS) is 31.0. The van der Waals surface area contributed by atoms with Crippen molar-refractivity contribution in [2.45, 2.75) is 95.5 Å². The van der Waals surface area contributed by atoms with Gasteiger partial charge in [-0.1, -0.05) is 93.6 Å². The summed E-state index contributed by atoms with van der Waals surface area (Å²) in [5, 5.41) is 13.1. The number of esters is 1. The fourth-order valence-corrected chi connectivity index (χ4v) is 11.9. The standard InChI is InChI=1S/C36H46O6Si/c1-8-28-22-35(7,40-26(3)37)24-36(41-28)21-27(31-20-32(38)25(2)19-33(31)42-36)23-39-43(34(4,5)6,29-15-11-9-12-16-29)30-17-13-10-14-18-30/h8-19,21,28,31-33,38H,1,20,22-24H2,2-7H3/t28-,31-,32+,33-,35-,36-/m1/s1. The summed E-state index contributed by atoms with van der Waals surface area (Å²) in [6.45, 7) is 16.4. The van der Waals surface area contributed by atoms with E-state index in [0.29, 0.717) is 25.9 Å². The lowest BCUT2D eigenvalue weighted by Crippen LogP contribution is -2.67. The second-order valence-corrected chi connectivity index (χ2v) is 18.0. The molecule has 2 aromatic rings. The summed E-state index contributed by atoms with van der Waals surface area (Å²) in [5.74, 6) is -1.58. The van der Waals surface area contributed by atoms with Crippen molar-refractivity contribution in [1.29, 1.82) is 0 Å². The quantitative estimate of drug-likeness (QED) is 0.253. The van der Waals surface area contributed by atoms with Gasteiger partial charge in [0.2, 0.25) is 0 Å². The van der Waals surface area contributed by atoms with Crippen LogP contribution >= 0.6 is 0 Å². The van der Waals surface area contributed by atoms with E-state index in [9.17, 15) is 9.90 Å². The summed E-state index contributed by atoms with van der Waals surface area (Å²) in [7, 11) is -2.84. The van der Waals surface area contributed by atoms with Crippen molar-refractivity contribution in [3.63, 3.8) is 0 Å². The molecule has 0 radical (unpaired) electrons. The van der Waals surface area contributed by atoms with E-state index in [1.165, 1.54) is 17.3 Å². The van der Waals surface area contributed by atoms with E-state index in [0.717, 1.165) is 11.1 Å². The van der Waals surface area contributed by atoms with Crippen LogP contribution in [-0.4, -0.2) is 55.7 Å². The summed E-state index contributed by atoms with van der Waals surface area (Å²) in [4.78, 5) is 12.1. The van der Waals surface area contributed by atoms with E-state index in [-0.39, 0.29) is 29.1 Å². The highest BCUT2D eigenvalue weighted by Gasteiger charge is 2.55. The molecule has 6 nitrogen and oxygen atoms in total. The van der Waals surface area contributed by atoms with Gasteiger partial charge in [0.1, 0.15) is 5.60 Å². The van der Waals surface area contributed by atoms with Gasteiger partial charge in [0, 0.05) is 25.7 Å². The van der Waals surface area contributed by atoms with Crippen LogP contribution in [0.3, 0.4) is 0 Å².